The molecule has 0 fully saturated rings. The van der Waals surface area contributed by atoms with Crippen molar-refractivity contribution in [2.24, 2.45) is 16.5 Å². The predicted molar refractivity (Wildman–Crippen MR) is 95.8 cm³/mol. The summed E-state index contributed by atoms with van der Waals surface area (Å²) < 4.78 is 0. The monoisotopic (exact) mass is 366 g/mol. The molecule has 0 saturated carbocycles. The van der Waals surface area contributed by atoms with E-state index in [1.807, 2.05) is 0 Å². The number of carbonyl (C=O) groups excluding carboxylic acids is 3. The summed E-state index contributed by atoms with van der Waals surface area (Å²) in [7, 11) is 0. The second-order valence-electron chi connectivity index (χ2n) is 5.75. The second kappa shape index (κ2) is 11.7. The molecule has 0 bridgehead atoms. The zero-order valence-electron chi connectivity index (χ0n) is 14.6. The first-order chi connectivity index (χ1) is 12.5. The second-order valence-corrected chi connectivity index (χ2v) is 5.75. The molecule has 0 aliphatic rings. The topological polar surface area (TPSA) is 180 Å². The molecule has 11 heteroatoms. The van der Waals surface area contributed by atoms with Gasteiger partial charge in [-0.15, -0.1) is 0 Å². The number of hydrazine groups is 1. The molecule has 1 heterocycles. The molecule has 11 nitrogen and oxygen atoms in total. The lowest BCUT2D eigenvalue weighted by atomic mass is 10.1. The molecule has 0 radical (unpaired) electrons. The number of H-pyrrole nitrogens is 1. The van der Waals surface area contributed by atoms with Crippen molar-refractivity contribution in [2.75, 3.05) is 6.54 Å². The first kappa shape index (κ1) is 21.3. The van der Waals surface area contributed by atoms with Gasteiger partial charge in [-0.25, -0.2) is 15.8 Å². The lowest BCUT2D eigenvalue weighted by Gasteiger charge is -2.22. The van der Waals surface area contributed by atoms with Crippen LogP contribution in [0.25, 0.3) is 0 Å². The molecule has 0 aliphatic carbocycles. The van der Waals surface area contributed by atoms with Gasteiger partial charge >= 0.3 is 0 Å². The third kappa shape index (κ3) is 8.35. The number of nitrogens with one attached hydrogen (secondary N) is 4. The highest BCUT2D eigenvalue weighted by atomic mass is 16.2. The lowest BCUT2D eigenvalue weighted by molar-refractivity contribution is -0.126. The number of aldehydes is 2. The molecule has 1 aromatic heterocycles. The number of guanidine groups is 1. The molecule has 1 rings (SSSR count). The van der Waals surface area contributed by atoms with Crippen LogP contribution in [0.3, 0.4) is 0 Å². The van der Waals surface area contributed by atoms with Crippen molar-refractivity contribution in [3.8, 4) is 0 Å². The smallest absolute Gasteiger partial charge is 0.239 e. The number of aliphatic imine (C=N–C) groups is 1. The van der Waals surface area contributed by atoms with Gasteiger partial charge < -0.3 is 31.4 Å². The first-order valence-corrected chi connectivity index (χ1v) is 8.21. The van der Waals surface area contributed by atoms with Gasteiger partial charge in [0.1, 0.15) is 18.6 Å². The van der Waals surface area contributed by atoms with Gasteiger partial charge in [0.2, 0.25) is 5.91 Å². The quantitative estimate of drug-likeness (QED) is 0.0743. The van der Waals surface area contributed by atoms with Crippen LogP contribution in [0, 0.1) is 0 Å². The van der Waals surface area contributed by atoms with Crippen molar-refractivity contribution in [2.45, 2.75) is 44.3 Å². The molecule has 26 heavy (non-hydrogen) atoms. The molecule has 0 aromatic carbocycles. The fourth-order valence-electron chi connectivity index (χ4n) is 2.09. The van der Waals surface area contributed by atoms with Crippen LogP contribution in [-0.2, 0) is 20.8 Å². The Labute approximate surface area is 151 Å². The van der Waals surface area contributed by atoms with Crippen LogP contribution >= 0.6 is 0 Å². The van der Waals surface area contributed by atoms with Crippen molar-refractivity contribution in [3.63, 3.8) is 0 Å². The number of aromatic amines is 1. The largest absolute Gasteiger partial charge is 0.370 e. The standard InChI is InChI=1S/C15H26N8O3/c1-10(7-24)22-23-13(3-2-4-19-15(16)17)14(26)21-12(8-25)5-11-6-18-9-20-11/h6-10,12-13,22-23H,2-5H2,1H3,(H,18,20)(H,21,26)(H4,16,17,19)/t10-,12-,13-/m0/s1. The number of rotatable bonds is 13. The molecule has 0 spiro atoms. The molecule has 0 unspecified atom stereocenters. The van der Waals surface area contributed by atoms with Crippen LogP contribution in [0.4, 0.5) is 0 Å². The number of carbonyl (C=O) groups is 3. The van der Waals surface area contributed by atoms with E-state index < -0.39 is 18.1 Å². The summed E-state index contributed by atoms with van der Waals surface area (Å²) in [5, 5.41) is 2.67. The highest BCUT2D eigenvalue weighted by molar-refractivity contribution is 5.84. The minimum absolute atomic E-state index is 0.0211. The molecule has 144 valence electrons. The maximum atomic E-state index is 12.5. The Morgan fingerprint density at radius 2 is 2.12 bits per heavy atom. The Hall–Kier alpha value is -2.79. The summed E-state index contributed by atoms with van der Waals surface area (Å²) in [6.45, 7) is 2.00. The van der Waals surface area contributed by atoms with Gasteiger partial charge in [-0.1, -0.05) is 0 Å². The van der Waals surface area contributed by atoms with E-state index in [1.54, 1.807) is 13.1 Å². The molecule has 1 aromatic rings. The van der Waals surface area contributed by atoms with E-state index in [1.165, 1.54) is 6.33 Å². The maximum Gasteiger partial charge on any atom is 0.239 e. The molecule has 8 N–H and O–H groups in total. The number of nitrogens with two attached hydrogens (primary N) is 2. The van der Waals surface area contributed by atoms with E-state index >= 15 is 0 Å². The predicted octanol–water partition coefficient (Wildman–Crippen LogP) is -2.26. The fraction of sp³-hybridized carbons (Fsp3) is 0.533. The van der Waals surface area contributed by atoms with E-state index in [9.17, 15) is 14.4 Å². The van der Waals surface area contributed by atoms with Crippen LogP contribution in [0.5, 0.6) is 0 Å². The van der Waals surface area contributed by atoms with Crippen molar-refractivity contribution in [3.05, 3.63) is 18.2 Å². The Morgan fingerprint density at radius 1 is 1.35 bits per heavy atom. The summed E-state index contributed by atoms with van der Waals surface area (Å²) in [5.41, 5.74) is 16.8. The van der Waals surface area contributed by atoms with Crippen LogP contribution in [0.15, 0.2) is 17.5 Å². The number of amides is 1. The zero-order chi connectivity index (χ0) is 19.4. The van der Waals surface area contributed by atoms with Gasteiger partial charge in [0, 0.05) is 24.9 Å². The minimum atomic E-state index is -0.701. The highest BCUT2D eigenvalue weighted by Gasteiger charge is 2.21. The fourth-order valence-corrected chi connectivity index (χ4v) is 2.09. The summed E-state index contributed by atoms with van der Waals surface area (Å²) in [5.74, 6) is -0.399. The Morgan fingerprint density at radius 3 is 2.69 bits per heavy atom. The Balaban J connectivity index is 2.62. The average Bonchev–Trinajstić information content (AvgIpc) is 3.12. The third-order valence-corrected chi connectivity index (χ3v) is 3.44. The van der Waals surface area contributed by atoms with E-state index in [-0.39, 0.29) is 11.9 Å². The number of nitrogens with zero attached hydrogens (tertiary/aromatic N) is 2. The third-order valence-electron chi connectivity index (χ3n) is 3.44. The highest BCUT2D eigenvalue weighted by Crippen LogP contribution is 2.01. The molecule has 0 aliphatic heterocycles. The number of hydrogen-bond acceptors (Lipinski definition) is 7. The molecule has 3 atom stereocenters. The number of imidazole rings is 1. The Kier molecular flexibility index (Phi) is 9.57. The summed E-state index contributed by atoms with van der Waals surface area (Å²) >= 11 is 0. The molecule has 1 amide bonds. The van der Waals surface area contributed by atoms with Crippen LogP contribution in [0.2, 0.25) is 0 Å². The molecular weight excluding hydrogens is 340 g/mol. The van der Waals surface area contributed by atoms with Crippen molar-refractivity contribution in [1.82, 2.24) is 26.1 Å². The van der Waals surface area contributed by atoms with Crippen molar-refractivity contribution < 1.29 is 14.4 Å². The van der Waals surface area contributed by atoms with E-state index in [4.69, 9.17) is 11.5 Å². The number of hydrogen-bond donors (Lipinski definition) is 6. The maximum absolute atomic E-state index is 12.5. The van der Waals surface area contributed by atoms with Crippen LogP contribution in [-0.4, -0.2) is 59.1 Å². The van der Waals surface area contributed by atoms with Gasteiger partial charge in [0.15, 0.2) is 5.96 Å². The first-order valence-electron chi connectivity index (χ1n) is 8.21. The normalized spacial score (nSPS) is 14.0. The summed E-state index contributed by atoms with van der Waals surface area (Å²) in [4.78, 5) is 45.1. The zero-order valence-corrected chi connectivity index (χ0v) is 14.6. The van der Waals surface area contributed by atoms with E-state index in [0.717, 1.165) is 5.69 Å². The SMILES string of the molecule is C[C@@H](C=O)NN[C@@H](CCCN=C(N)N)C(=O)N[C@H](C=O)Cc1cnc[nH]1. The van der Waals surface area contributed by atoms with Gasteiger partial charge in [0.05, 0.1) is 18.4 Å². The average molecular weight is 366 g/mol. The number of aromatic nitrogens is 2. The molecular formula is C15H26N8O3. The van der Waals surface area contributed by atoms with Gasteiger partial charge in [-0.3, -0.25) is 9.79 Å². The van der Waals surface area contributed by atoms with Gasteiger partial charge in [0.25, 0.3) is 0 Å². The summed E-state index contributed by atoms with van der Waals surface area (Å²) in [6, 6.07) is -1.85. The minimum Gasteiger partial charge on any atom is -0.370 e. The van der Waals surface area contributed by atoms with Gasteiger partial charge in [-0.05, 0) is 19.8 Å². The lowest BCUT2D eigenvalue weighted by Crippen LogP contribution is -2.55. The molecule has 0 saturated heterocycles. The van der Waals surface area contributed by atoms with Crippen molar-refractivity contribution in [1.29, 1.82) is 0 Å². The van der Waals surface area contributed by atoms with Gasteiger partial charge in [-0.2, -0.15) is 0 Å². The summed E-state index contributed by atoms with van der Waals surface area (Å²) in [6.07, 6.45) is 5.68. The van der Waals surface area contributed by atoms with E-state index in [2.05, 4.69) is 31.1 Å². The van der Waals surface area contributed by atoms with Crippen LogP contribution in [0.1, 0.15) is 25.5 Å². The van der Waals surface area contributed by atoms with Crippen LogP contribution < -0.4 is 27.6 Å². The van der Waals surface area contributed by atoms with Crippen molar-refractivity contribution >= 4 is 24.4 Å². The van der Waals surface area contributed by atoms with E-state index in [0.29, 0.717) is 38.4 Å². The Bertz CT molecular complexity index is 586.